The number of anilines is 1. The quantitative estimate of drug-likeness (QED) is 0.558. The van der Waals surface area contributed by atoms with Crippen LogP contribution < -0.4 is 10.6 Å². The van der Waals surface area contributed by atoms with E-state index in [4.69, 9.17) is 16.7 Å². The molecule has 0 saturated carbocycles. The van der Waals surface area contributed by atoms with Gasteiger partial charge in [0.1, 0.15) is 0 Å². The predicted molar refractivity (Wildman–Crippen MR) is 65.8 cm³/mol. The van der Waals surface area contributed by atoms with Gasteiger partial charge in [0, 0.05) is 18.1 Å². The molecule has 1 rings (SSSR count). The molecule has 5 nitrogen and oxygen atoms in total. The third-order valence-electron chi connectivity index (χ3n) is 1.99. The molecule has 0 bridgehead atoms. The first kappa shape index (κ1) is 13.3. The Morgan fingerprint density at radius 1 is 1.24 bits per heavy atom. The number of hydrogen-bond donors (Lipinski definition) is 3. The van der Waals surface area contributed by atoms with E-state index in [-0.39, 0.29) is 11.6 Å². The maximum absolute atomic E-state index is 11.3. The van der Waals surface area contributed by atoms with Gasteiger partial charge in [0.15, 0.2) is 0 Å². The predicted octanol–water partition coefficient (Wildman–Crippen LogP) is 2.14. The summed E-state index contributed by atoms with van der Waals surface area (Å²) in [4.78, 5) is 21.9. The summed E-state index contributed by atoms with van der Waals surface area (Å²) >= 11 is 5.46. The van der Waals surface area contributed by atoms with Crippen LogP contribution in [0.5, 0.6) is 0 Å². The highest BCUT2D eigenvalue weighted by atomic mass is 35.5. The molecule has 2 amide bonds. The number of carboxylic acids is 1. The lowest BCUT2D eigenvalue weighted by atomic mass is 10.2. The smallest absolute Gasteiger partial charge is 0.335 e. The van der Waals surface area contributed by atoms with Gasteiger partial charge in [0.05, 0.1) is 5.56 Å². The molecule has 3 N–H and O–H groups in total. The highest BCUT2D eigenvalue weighted by Crippen LogP contribution is 2.09. The van der Waals surface area contributed by atoms with Crippen LogP contribution in [-0.2, 0) is 0 Å². The number of alkyl halides is 1. The molecule has 0 unspecified atom stereocenters. The monoisotopic (exact) mass is 256 g/mol. The minimum Gasteiger partial charge on any atom is -0.478 e. The number of nitrogens with one attached hydrogen (secondary N) is 2. The fraction of sp³-hybridized carbons (Fsp3) is 0.273. The molecule has 17 heavy (non-hydrogen) atoms. The zero-order chi connectivity index (χ0) is 12.7. The number of hydrogen-bond acceptors (Lipinski definition) is 2. The Hall–Kier alpha value is -1.75. The van der Waals surface area contributed by atoms with Gasteiger partial charge in [-0.25, -0.2) is 9.59 Å². The van der Waals surface area contributed by atoms with Crippen LogP contribution in [0.1, 0.15) is 16.8 Å². The fourth-order valence-corrected chi connectivity index (χ4v) is 1.27. The first-order valence-corrected chi connectivity index (χ1v) is 5.61. The molecule has 0 fully saturated rings. The van der Waals surface area contributed by atoms with Gasteiger partial charge >= 0.3 is 12.0 Å². The number of amides is 2. The van der Waals surface area contributed by atoms with Crippen LogP contribution >= 0.6 is 11.6 Å². The number of carboxylic acid groups (broad SMARTS) is 1. The van der Waals surface area contributed by atoms with Crippen molar-refractivity contribution in [1.29, 1.82) is 0 Å². The zero-order valence-corrected chi connectivity index (χ0v) is 9.83. The molecule has 0 saturated heterocycles. The molecular weight excluding hydrogens is 244 g/mol. The molecule has 92 valence electrons. The number of urea groups is 1. The van der Waals surface area contributed by atoms with Gasteiger partial charge in [-0.1, -0.05) is 0 Å². The number of rotatable bonds is 5. The molecule has 0 spiro atoms. The van der Waals surface area contributed by atoms with Crippen molar-refractivity contribution in [3.05, 3.63) is 29.8 Å². The fourth-order valence-electron chi connectivity index (χ4n) is 1.14. The van der Waals surface area contributed by atoms with E-state index in [9.17, 15) is 9.59 Å². The van der Waals surface area contributed by atoms with Crippen LogP contribution in [0.3, 0.4) is 0 Å². The normalized spacial score (nSPS) is 9.71. The average molecular weight is 257 g/mol. The number of carbonyl (C=O) groups excluding carboxylic acids is 1. The van der Waals surface area contributed by atoms with Gasteiger partial charge in [0.2, 0.25) is 0 Å². The zero-order valence-electron chi connectivity index (χ0n) is 9.07. The van der Waals surface area contributed by atoms with Crippen LogP contribution in [0, 0.1) is 0 Å². The Labute approximate surface area is 104 Å². The molecule has 1 aromatic carbocycles. The summed E-state index contributed by atoms with van der Waals surface area (Å²) in [7, 11) is 0. The molecule has 0 atom stereocenters. The van der Waals surface area contributed by atoms with Gasteiger partial charge < -0.3 is 15.7 Å². The molecule has 1 aromatic rings. The van der Waals surface area contributed by atoms with Crippen molar-refractivity contribution in [2.75, 3.05) is 17.7 Å². The number of aromatic carboxylic acids is 1. The van der Waals surface area contributed by atoms with E-state index < -0.39 is 5.97 Å². The first-order valence-electron chi connectivity index (χ1n) is 5.07. The summed E-state index contributed by atoms with van der Waals surface area (Å²) in [5, 5.41) is 13.9. The standard InChI is InChI=1S/C11H13ClN2O3/c12-6-1-7-13-11(17)14-9-4-2-8(3-5-9)10(15)16/h2-5H,1,6-7H2,(H,15,16)(H2,13,14,17). The summed E-state index contributed by atoms with van der Waals surface area (Å²) in [5.41, 5.74) is 0.719. The largest absolute Gasteiger partial charge is 0.478 e. The van der Waals surface area contributed by atoms with Gasteiger partial charge in [-0.15, -0.1) is 11.6 Å². The van der Waals surface area contributed by atoms with Crippen molar-refractivity contribution in [1.82, 2.24) is 5.32 Å². The van der Waals surface area contributed by atoms with Crippen LogP contribution in [0.4, 0.5) is 10.5 Å². The molecule has 0 aliphatic heterocycles. The van der Waals surface area contributed by atoms with Crippen molar-refractivity contribution in [2.45, 2.75) is 6.42 Å². The molecule has 0 aliphatic rings. The minimum absolute atomic E-state index is 0.179. The maximum atomic E-state index is 11.3. The molecule has 0 heterocycles. The topological polar surface area (TPSA) is 78.4 Å². The minimum atomic E-state index is -0.997. The Morgan fingerprint density at radius 3 is 2.41 bits per heavy atom. The lowest BCUT2D eigenvalue weighted by molar-refractivity contribution is 0.0697. The van der Waals surface area contributed by atoms with Crippen molar-refractivity contribution >= 4 is 29.3 Å². The summed E-state index contributed by atoms with van der Waals surface area (Å²) in [5.74, 6) is -0.503. The van der Waals surface area contributed by atoms with Crippen LogP contribution in [-0.4, -0.2) is 29.5 Å². The number of halogens is 1. The second-order valence-electron chi connectivity index (χ2n) is 3.31. The maximum Gasteiger partial charge on any atom is 0.335 e. The van der Waals surface area contributed by atoms with Crippen LogP contribution in [0.2, 0.25) is 0 Å². The van der Waals surface area contributed by atoms with E-state index in [1.54, 1.807) is 0 Å². The summed E-state index contributed by atoms with van der Waals surface area (Å²) in [6, 6.07) is 5.58. The van der Waals surface area contributed by atoms with Gasteiger partial charge in [-0.05, 0) is 30.7 Å². The van der Waals surface area contributed by atoms with E-state index in [2.05, 4.69) is 10.6 Å². The molecule has 0 radical (unpaired) electrons. The van der Waals surface area contributed by atoms with Crippen molar-refractivity contribution in [3.8, 4) is 0 Å². The van der Waals surface area contributed by atoms with Crippen molar-refractivity contribution < 1.29 is 14.7 Å². The third-order valence-corrected chi connectivity index (χ3v) is 2.25. The lowest BCUT2D eigenvalue weighted by Gasteiger charge is -2.06. The average Bonchev–Trinajstić information content (AvgIpc) is 2.30. The van der Waals surface area contributed by atoms with Crippen molar-refractivity contribution in [3.63, 3.8) is 0 Å². The summed E-state index contributed by atoms with van der Waals surface area (Å²) in [6.45, 7) is 0.503. The Bertz CT molecular complexity index is 392. The summed E-state index contributed by atoms with van der Waals surface area (Å²) < 4.78 is 0. The summed E-state index contributed by atoms with van der Waals surface area (Å²) in [6.07, 6.45) is 0.701. The Kier molecular flexibility index (Phi) is 5.29. The number of benzene rings is 1. The van der Waals surface area contributed by atoms with E-state index >= 15 is 0 Å². The van der Waals surface area contributed by atoms with Crippen molar-refractivity contribution in [2.24, 2.45) is 0 Å². The third kappa shape index (κ3) is 4.74. The van der Waals surface area contributed by atoms with E-state index in [0.29, 0.717) is 24.5 Å². The first-order chi connectivity index (χ1) is 8.13. The molecule has 6 heteroatoms. The second kappa shape index (κ2) is 6.75. The lowest BCUT2D eigenvalue weighted by Crippen LogP contribution is -2.29. The van der Waals surface area contributed by atoms with E-state index in [0.717, 1.165) is 0 Å². The van der Waals surface area contributed by atoms with Crippen LogP contribution in [0.25, 0.3) is 0 Å². The Morgan fingerprint density at radius 2 is 1.88 bits per heavy atom. The van der Waals surface area contributed by atoms with Gasteiger partial charge in [0.25, 0.3) is 0 Å². The highest BCUT2D eigenvalue weighted by molar-refractivity contribution is 6.17. The van der Waals surface area contributed by atoms with E-state index in [1.807, 2.05) is 0 Å². The van der Waals surface area contributed by atoms with Crippen LogP contribution in [0.15, 0.2) is 24.3 Å². The molecule has 0 aromatic heterocycles. The Balaban J connectivity index is 2.46. The molecule has 0 aliphatic carbocycles. The van der Waals surface area contributed by atoms with Gasteiger partial charge in [-0.2, -0.15) is 0 Å². The van der Waals surface area contributed by atoms with E-state index in [1.165, 1.54) is 24.3 Å². The second-order valence-corrected chi connectivity index (χ2v) is 3.68. The SMILES string of the molecule is O=C(NCCCCl)Nc1ccc(C(=O)O)cc1. The number of carbonyl (C=O) groups is 2. The van der Waals surface area contributed by atoms with Gasteiger partial charge in [-0.3, -0.25) is 0 Å². The highest BCUT2D eigenvalue weighted by Gasteiger charge is 2.03. The molecular formula is C11H13ClN2O3.